The summed E-state index contributed by atoms with van der Waals surface area (Å²) in [6, 6.07) is 8.34. The first-order chi connectivity index (χ1) is 6.86. The number of hydrogen-bond donors (Lipinski definition) is 2. The summed E-state index contributed by atoms with van der Waals surface area (Å²) in [5, 5.41) is 9.77. The van der Waals surface area contributed by atoms with Gasteiger partial charge in [0.2, 0.25) is 5.71 Å². The van der Waals surface area contributed by atoms with Crippen LogP contribution in [0.1, 0.15) is 17.5 Å². The van der Waals surface area contributed by atoms with E-state index in [1.807, 2.05) is 12.1 Å². The summed E-state index contributed by atoms with van der Waals surface area (Å²) in [7, 11) is 0. The van der Waals surface area contributed by atoms with Gasteiger partial charge in [0.1, 0.15) is 12.3 Å². The summed E-state index contributed by atoms with van der Waals surface area (Å²) in [5.41, 5.74) is 4.81. The number of halogens is 1. The molecule has 1 aliphatic carbocycles. The van der Waals surface area contributed by atoms with E-state index >= 15 is 0 Å². The van der Waals surface area contributed by atoms with E-state index in [0.717, 1.165) is 30.7 Å². The van der Waals surface area contributed by atoms with Crippen LogP contribution in [0.3, 0.4) is 0 Å². The molecule has 1 aromatic carbocycles. The van der Waals surface area contributed by atoms with Gasteiger partial charge in [-0.15, -0.1) is 0 Å². The van der Waals surface area contributed by atoms with Gasteiger partial charge >= 0.3 is 0 Å². The Morgan fingerprint density at radius 2 is 1.94 bits per heavy atom. The molecule has 0 spiro atoms. The molecule has 2 aliphatic rings. The molecule has 0 aromatic heterocycles. The lowest BCUT2D eigenvalue weighted by Gasteiger charge is -2.05. The first-order valence-electron chi connectivity index (χ1n) is 4.97. The molecule has 86 valence electrons. The van der Waals surface area contributed by atoms with Crippen LogP contribution >= 0.6 is 0 Å². The Bertz CT molecular complexity index is 466. The third-order valence-electron chi connectivity index (χ3n) is 2.97. The SMILES string of the molecule is O.OC1=C2Cc3ccccc3C2=[NH+]CC1.[Cl-]. The highest BCUT2D eigenvalue weighted by molar-refractivity contribution is 6.13. The topological polar surface area (TPSA) is 65.7 Å². The van der Waals surface area contributed by atoms with Gasteiger partial charge in [-0.05, 0) is 11.6 Å². The minimum atomic E-state index is 0. The van der Waals surface area contributed by atoms with Gasteiger partial charge in [0.25, 0.3) is 0 Å². The van der Waals surface area contributed by atoms with Crippen molar-refractivity contribution in [1.29, 1.82) is 0 Å². The smallest absolute Gasteiger partial charge is 0.212 e. The fourth-order valence-corrected chi connectivity index (χ4v) is 2.26. The van der Waals surface area contributed by atoms with E-state index in [-0.39, 0.29) is 17.9 Å². The minimum Gasteiger partial charge on any atom is -1.00 e. The third kappa shape index (κ3) is 1.72. The number of rotatable bonds is 0. The zero-order chi connectivity index (χ0) is 9.54. The maximum atomic E-state index is 9.77. The Morgan fingerprint density at radius 3 is 2.75 bits per heavy atom. The van der Waals surface area contributed by atoms with Crippen molar-refractivity contribution >= 4 is 5.71 Å². The molecule has 16 heavy (non-hydrogen) atoms. The highest BCUT2D eigenvalue weighted by Gasteiger charge is 2.32. The van der Waals surface area contributed by atoms with Crippen molar-refractivity contribution in [1.82, 2.24) is 0 Å². The third-order valence-corrected chi connectivity index (χ3v) is 2.97. The Kier molecular flexibility index (Phi) is 3.73. The number of aliphatic hydroxyl groups is 1. The van der Waals surface area contributed by atoms with Gasteiger partial charge in [-0.3, -0.25) is 0 Å². The molecule has 0 radical (unpaired) electrons. The molecule has 0 bridgehead atoms. The molecule has 3 nitrogen and oxygen atoms in total. The molecular formula is C12H14ClNO2. The molecular weight excluding hydrogens is 226 g/mol. The monoisotopic (exact) mass is 239 g/mol. The van der Waals surface area contributed by atoms with Crippen LogP contribution in [0.5, 0.6) is 0 Å². The maximum absolute atomic E-state index is 9.77. The Labute approximate surface area is 100 Å². The van der Waals surface area contributed by atoms with Crippen molar-refractivity contribution in [3.8, 4) is 0 Å². The van der Waals surface area contributed by atoms with E-state index in [1.54, 1.807) is 0 Å². The van der Waals surface area contributed by atoms with Crippen molar-refractivity contribution in [2.75, 3.05) is 6.54 Å². The maximum Gasteiger partial charge on any atom is 0.212 e. The molecule has 3 rings (SSSR count). The molecule has 0 saturated heterocycles. The average molecular weight is 240 g/mol. The Balaban J connectivity index is 0.000000640. The van der Waals surface area contributed by atoms with Gasteiger partial charge in [0.05, 0.1) is 12.0 Å². The summed E-state index contributed by atoms with van der Waals surface area (Å²) in [4.78, 5) is 3.37. The van der Waals surface area contributed by atoms with Crippen molar-refractivity contribution in [2.24, 2.45) is 0 Å². The predicted octanol–water partition coefficient (Wildman–Crippen LogP) is -3.49. The second-order valence-corrected chi connectivity index (χ2v) is 3.81. The van der Waals surface area contributed by atoms with E-state index in [2.05, 4.69) is 17.1 Å². The summed E-state index contributed by atoms with van der Waals surface area (Å²) in [6.07, 6.45) is 1.64. The number of aliphatic hydroxyl groups excluding tert-OH is 1. The summed E-state index contributed by atoms with van der Waals surface area (Å²) < 4.78 is 0. The first-order valence-corrected chi connectivity index (χ1v) is 4.97. The van der Waals surface area contributed by atoms with Gasteiger partial charge in [0.15, 0.2) is 0 Å². The minimum absolute atomic E-state index is 0. The van der Waals surface area contributed by atoms with Gasteiger partial charge < -0.3 is 23.0 Å². The van der Waals surface area contributed by atoms with Crippen LogP contribution in [0.2, 0.25) is 0 Å². The average Bonchev–Trinajstić information content (AvgIpc) is 2.59. The molecule has 1 aromatic rings. The lowest BCUT2D eigenvalue weighted by atomic mass is 10.1. The Morgan fingerprint density at radius 1 is 1.19 bits per heavy atom. The molecule has 0 unspecified atom stereocenters. The van der Waals surface area contributed by atoms with E-state index in [9.17, 15) is 5.11 Å². The van der Waals surface area contributed by atoms with Crippen LogP contribution in [0.4, 0.5) is 0 Å². The molecule has 4 N–H and O–H groups in total. The summed E-state index contributed by atoms with van der Waals surface area (Å²) >= 11 is 0. The van der Waals surface area contributed by atoms with Crippen LogP contribution in [0.15, 0.2) is 35.6 Å². The molecule has 0 fully saturated rings. The van der Waals surface area contributed by atoms with Gasteiger partial charge in [-0.25, -0.2) is 4.99 Å². The number of allylic oxidation sites excluding steroid dienone is 1. The normalized spacial score (nSPS) is 16.6. The number of nitrogens with one attached hydrogen (secondary N) is 1. The molecule has 1 aliphatic heterocycles. The molecule has 0 saturated carbocycles. The highest BCUT2D eigenvalue weighted by atomic mass is 35.5. The van der Waals surface area contributed by atoms with Crippen LogP contribution in [0, 0.1) is 0 Å². The van der Waals surface area contributed by atoms with Crippen LogP contribution in [-0.2, 0) is 6.42 Å². The van der Waals surface area contributed by atoms with E-state index in [1.165, 1.54) is 11.1 Å². The molecule has 1 heterocycles. The van der Waals surface area contributed by atoms with Crippen LogP contribution in [0.25, 0.3) is 0 Å². The first kappa shape index (κ1) is 12.7. The highest BCUT2D eigenvalue weighted by Crippen LogP contribution is 2.27. The van der Waals surface area contributed by atoms with Crippen LogP contribution in [-0.4, -0.2) is 22.8 Å². The number of benzene rings is 1. The number of hydrogen-bond acceptors (Lipinski definition) is 1. The van der Waals surface area contributed by atoms with Crippen molar-refractivity contribution in [3.63, 3.8) is 0 Å². The van der Waals surface area contributed by atoms with Crippen molar-refractivity contribution < 1.29 is 28.0 Å². The quantitative estimate of drug-likeness (QED) is 0.485. The summed E-state index contributed by atoms with van der Waals surface area (Å²) in [5.74, 6) is 0.565. The second-order valence-electron chi connectivity index (χ2n) is 3.81. The lowest BCUT2D eigenvalue weighted by molar-refractivity contribution is -0.457. The molecule has 4 heteroatoms. The number of fused-ring (bicyclic) bond motifs is 3. The van der Waals surface area contributed by atoms with Crippen molar-refractivity contribution in [3.05, 3.63) is 46.7 Å². The second kappa shape index (κ2) is 4.68. The Hall–Kier alpha value is -1.32. The van der Waals surface area contributed by atoms with Crippen LogP contribution < -0.4 is 17.4 Å². The van der Waals surface area contributed by atoms with E-state index in [0.29, 0.717) is 5.76 Å². The van der Waals surface area contributed by atoms with Gasteiger partial charge in [0, 0.05) is 12.0 Å². The predicted molar refractivity (Wildman–Crippen MR) is 58.0 cm³/mol. The molecule has 0 amide bonds. The van der Waals surface area contributed by atoms with Gasteiger partial charge in [-0.1, -0.05) is 18.2 Å². The largest absolute Gasteiger partial charge is 1.00 e. The fourth-order valence-electron chi connectivity index (χ4n) is 2.26. The molecule has 0 atom stereocenters. The van der Waals surface area contributed by atoms with Crippen molar-refractivity contribution in [2.45, 2.75) is 12.8 Å². The zero-order valence-electron chi connectivity index (χ0n) is 8.76. The summed E-state index contributed by atoms with van der Waals surface area (Å²) in [6.45, 7) is 0.846. The zero-order valence-corrected chi connectivity index (χ0v) is 9.51. The van der Waals surface area contributed by atoms with E-state index < -0.39 is 0 Å². The van der Waals surface area contributed by atoms with Gasteiger partial charge in [-0.2, -0.15) is 0 Å². The van der Waals surface area contributed by atoms with E-state index in [4.69, 9.17) is 0 Å². The fraction of sp³-hybridized carbons (Fsp3) is 0.250. The lowest BCUT2D eigenvalue weighted by Crippen LogP contribution is -3.00. The standard InChI is InChI=1S/C12H11NO.ClH.H2O/c14-11-5-6-13-12-9-4-2-1-3-8(9)7-10(11)12;;/h1-4,14H,5-7H2;1H;1H2.